The first kappa shape index (κ1) is 17.5. The van der Waals surface area contributed by atoms with Crippen LogP contribution in [0.5, 0.6) is 0 Å². The van der Waals surface area contributed by atoms with Gasteiger partial charge in [-0.25, -0.2) is 0 Å². The van der Waals surface area contributed by atoms with E-state index in [0.29, 0.717) is 17.9 Å². The van der Waals surface area contributed by atoms with Gasteiger partial charge in [0.05, 0.1) is 13.5 Å². The van der Waals surface area contributed by atoms with Crippen LogP contribution < -0.4 is 5.32 Å². The van der Waals surface area contributed by atoms with Crippen molar-refractivity contribution in [2.24, 2.45) is 0 Å². The van der Waals surface area contributed by atoms with Crippen molar-refractivity contribution in [1.29, 1.82) is 0 Å². The number of furan rings is 1. The number of amides is 1. The fraction of sp³-hybridized carbons (Fsp3) is 0.263. The molecular formula is C19H21NO4. The molecule has 5 nitrogen and oxygen atoms in total. The predicted octanol–water partition coefficient (Wildman–Crippen LogP) is 3.60. The molecule has 0 aliphatic rings. The second-order valence-electron chi connectivity index (χ2n) is 5.26. The third-order valence-corrected chi connectivity index (χ3v) is 3.49. The van der Waals surface area contributed by atoms with Crippen LogP contribution in [0.15, 0.2) is 46.9 Å². The summed E-state index contributed by atoms with van der Waals surface area (Å²) < 4.78 is 10.1. The highest BCUT2D eigenvalue weighted by Crippen LogP contribution is 2.13. The molecule has 0 spiro atoms. The number of rotatable bonds is 7. The zero-order valence-corrected chi connectivity index (χ0v) is 13.9. The van der Waals surface area contributed by atoms with Gasteiger partial charge in [-0.3, -0.25) is 9.59 Å². The number of methoxy groups -OCH3 is 1. The maximum atomic E-state index is 11.9. The van der Waals surface area contributed by atoms with Gasteiger partial charge in [0.1, 0.15) is 11.5 Å². The number of carbonyl (C=O) groups is 2. The number of ether oxygens (including phenoxy) is 1. The first-order chi connectivity index (χ1) is 11.6. The molecule has 126 valence electrons. The van der Waals surface area contributed by atoms with Crippen LogP contribution in [-0.4, -0.2) is 19.0 Å². The Labute approximate surface area is 141 Å². The highest BCUT2D eigenvalue weighted by Gasteiger charge is 2.05. The van der Waals surface area contributed by atoms with E-state index in [2.05, 4.69) is 17.0 Å². The molecule has 24 heavy (non-hydrogen) atoms. The number of benzene rings is 1. The smallest absolute Gasteiger partial charge is 0.305 e. The molecule has 1 heterocycles. The van der Waals surface area contributed by atoms with Gasteiger partial charge in [0.2, 0.25) is 5.91 Å². The Balaban J connectivity index is 1.89. The third kappa shape index (κ3) is 5.43. The third-order valence-electron chi connectivity index (χ3n) is 3.49. The molecule has 0 saturated heterocycles. The summed E-state index contributed by atoms with van der Waals surface area (Å²) in [5, 5.41) is 2.81. The standard InChI is InChI=1S/C19H21NO4/c1-3-14-5-4-6-15(13-14)20-18(21)11-9-16-7-8-17(24-16)10-12-19(22)23-2/h4-9,11,13H,3,10,12H2,1-2H3,(H,20,21)/b11-9+. The molecule has 2 aromatic rings. The van der Waals surface area contributed by atoms with Gasteiger partial charge in [-0.15, -0.1) is 0 Å². The van der Waals surface area contributed by atoms with Crippen LogP contribution in [0.4, 0.5) is 5.69 Å². The minimum Gasteiger partial charge on any atom is -0.469 e. The van der Waals surface area contributed by atoms with Crippen LogP contribution in [-0.2, 0) is 27.2 Å². The van der Waals surface area contributed by atoms with Crippen molar-refractivity contribution < 1.29 is 18.7 Å². The Morgan fingerprint density at radius 3 is 2.83 bits per heavy atom. The number of nitrogens with one attached hydrogen (secondary N) is 1. The highest BCUT2D eigenvalue weighted by atomic mass is 16.5. The van der Waals surface area contributed by atoms with Crippen LogP contribution in [0, 0.1) is 0 Å². The van der Waals surface area contributed by atoms with Crippen molar-refractivity contribution >= 4 is 23.6 Å². The molecule has 0 radical (unpaired) electrons. The SMILES string of the molecule is CCc1cccc(NC(=O)/C=C/c2ccc(CCC(=O)OC)o2)c1. The van der Waals surface area contributed by atoms with E-state index < -0.39 is 0 Å². The summed E-state index contributed by atoms with van der Waals surface area (Å²) in [4.78, 5) is 23.0. The average molecular weight is 327 g/mol. The summed E-state index contributed by atoms with van der Waals surface area (Å²) in [6, 6.07) is 11.3. The Bertz CT molecular complexity index is 730. The highest BCUT2D eigenvalue weighted by molar-refractivity contribution is 6.01. The van der Waals surface area contributed by atoms with Gasteiger partial charge >= 0.3 is 5.97 Å². The fourth-order valence-electron chi connectivity index (χ4n) is 2.16. The zero-order valence-electron chi connectivity index (χ0n) is 13.9. The minimum atomic E-state index is -0.280. The lowest BCUT2D eigenvalue weighted by Gasteiger charge is -2.03. The summed E-state index contributed by atoms with van der Waals surface area (Å²) in [7, 11) is 1.35. The van der Waals surface area contributed by atoms with E-state index in [1.54, 1.807) is 18.2 Å². The molecule has 0 aliphatic carbocycles. The van der Waals surface area contributed by atoms with Crippen molar-refractivity contribution in [3.05, 3.63) is 59.6 Å². The summed E-state index contributed by atoms with van der Waals surface area (Å²) in [5.74, 6) is 0.733. The molecule has 5 heteroatoms. The second kappa shape index (κ2) is 8.72. The Morgan fingerprint density at radius 1 is 1.25 bits per heavy atom. The van der Waals surface area contributed by atoms with Gasteiger partial charge in [-0.1, -0.05) is 19.1 Å². The molecule has 1 amide bonds. The molecule has 0 unspecified atom stereocenters. The maximum Gasteiger partial charge on any atom is 0.305 e. The van der Waals surface area contributed by atoms with E-state index in [1.807, 2.05) is 24.3 Å². The second-order valence-corrected chi connectivity index (χ2v) is 5.26. The van der Waals surface area contributed by atoms with Crippen molar-refractivity contribution in [3.8, 4) is 0 Å². The number of aryl methyl sites for hydroxylation is 2. The Morgan fingerprint density at radius 2 is 2.08 bits per heavy atom. The lowest BCUT2D eigenvalue weighted by molar-refractivity contribution is -0.140. The molecule has 0 fully saturated rings. The van der Waals surface area contributed by atoms with E-state index in [4.69, 9.17) is 4.42 Å². The molecule has 0 bridgehead atoms. The molecular weight excluding hydrogens is 306 g/mol. The molecule has 2 rings (SSSR count). The quantitative estimate of drug-likeness (QED) is 0.623. The monoisotopic (exact) mass is 327 g/mol. The molecule has 0 saturated carbocycles. The van der Waals surface area contributed by atoms with Crippen molar-refractivity contribution in [3.63, 3.8) is 0 Å². The molecule has 1 aromatic heterocycles. The first-order valence-corrected chi connectivity index (χ1v) is 7.84. The molecule has 0 aliphatic heterocycles. The molecule has 1 N–H and O–H groups in total. The van der Waals surface area contributed by atoms with Crippen LogP contribution in [0.3, 0.4) is 0 Å². The summed E-state index contributed by atoms with van der Waals surface area (Å²) in [6.45, 7) is 2.07. The van der Waals surface area contributed by atoms with E-state index in [-0.39, 0.29) is 18.3 Å². The van der Waals surface area contributed by atoms with Crippen LogP contribution in [0.2, 0.25) is 0 Å². The zero-order chi connectivity index (χ0) is 17.4. The fourth-order valence-corrected chi connectivity index (χ4v) is 2.16. The van der Waals surface area contributed by atoms with Gasteiger partial charge in [-0.05, 0) is 42.3 Å². The number of carbonyl (C=O) groups excluding carboxylic acids is 2. The van der Waals surface area contributed by atoms with E-state index in [1.165, 1.54) is 13.2 Å². The maximum absolute atomic E-state index is 11.9. The van der Waals surface area contributed by atoms with Gasteiger partial charge in [-0.2, -0.15) is 0 Å². The van der Waals surface area contributed by atoms with Crippen molar-refractivity contribution in [1.82, 2.24) is 0 Å². The average Bonchev–Trinajstić information content (AvgIpc) is 3.06. The first-order valence-electron chi connectivity index (χ1n) is 7.84. The number of anilines is 1. The summed E-state index contributed by atoms with van der Waals surface area (Å²) in [5.41, 5.74) is 1.93. The number of hydrogen-bond acceptors (Lipinski definition) is 4. The largest absolute Gasteiger partial charge is 0.469 e. The Kier molecular flexibility index (Phi) is 6.37. The van der Waals surface area contributed by atoms with Crippen LogP contribution >= 0.6 is 0 Å². The van der Waals surface area contributed by atoms with Gasteiger partial charge in [0.15, 0.2) is 0 Å². The van der Waals surface area contributed by atoms with E-state index in [0.717, 1.165) is 17.7 Å². The van der Waals surface area contributed by atoms with Gasteiger partial charge < -0.3 is 14.5 Å². The van der Waals surface area contributed by atoms with Crippen molar-refractivity contribution in [2.45, 2.75) is 26.2 Å². The van der Waals surface area contributed by atoms with Crippen LogP contribution in [0.1, 0.15) is 30.4 Å². The van der Waals surface area contributed by atoms with Crippen LogP contribution in [0.25, 0.3) is 6.08 Å². The topological polar surface area (TPSA) is 68.5 Å². The van der Waals surface area contributed by atoms with Gasteiger partial charge in [0.25, 0.3) is 0 Å². The molecule has 1 aromatic carbocycles. The van der Waals surface area contributed by atoms with Crippen molar-refractivity contribution in [2.75, 3.05) is 12.4 Å². The number of esters is 1. The molecule has 0 atom stereocenters. The predicted molar refractivity (Wildman–Crippen MR) is 92.5 cm³/mol. The van der Waals surface area contributed by atoms with E-state index in [9.17, 15) is 9.59 Å². The normalized spacial score (nSPS) is 10.8. The van der Waals surface area contributed by atoms with E-state index >= 15 is 0 Å². The van der Waals surface area contributed by atoms with Gasteiger partial charge in [0, 0.05) is 18.2 Å². The summed E-state index contributed by atoms with van der Waals surface area (Å²) in [6.07, 6.45) is 4.67. The number of hydrogen-bond donors (Lipinski definition) is 1. The lowest BCUT2D eigenvalue weighted by atomic mass is 10.1. The lowest BCUT2D eigenvalue weighted by Crippen LogP contribution is -2.07. The minimum absolute atomic E-state index is 0.226. The summed E-state index contributed by atoms with van der Waals surface area (Å²) >= 11 is 0. The Hall–Kier alpha value is -2.82.